The number of carbonyl (C=O) groups is 1. The van der Waals surface area contributed by atoms with Crippen LogP contribution in [0.3, 0.4) is 0 Å². The molecule has 6 heteroatoms. The van der Waals surface area contributed by atoms with E-state index in [4.69, 9.17) is 0 Å². The molecule has 0 amide bonds. The van der Waals surface area contributed by atoms with Crippen LogP contribution in [0.4, 0.5) is 5.69 Å². The summed E-state index contributed by atoms with van der Waals surface area (Å²) in [6, 6.07) is 4.40. The molecule has 0 saturated heterocycles. The lowest BCUT2D eigenvalue weighted by Crippen LogP contribution is -2.15. The van der Waals surface area contributed by atoms with Crippen molar-refractivity contribution in [1.29, 1.82) is 0 Å². The number of hydrogen-bond donors (Lipinski definition) is 1. The summed E-state index contributed by atoms with van der Waals surface area (Å²) in [4.78, 5) is 21.9. The third-order valence-electron chi connectivity index (χ3n) is 2.38. The molecule has 0 spiro atoms. The number of benzene rings is 1. The Hall–Kier alpha value is -1.95. The predicted molar refractivity (Wildman–Crippen MR) is 62.1 cm³/mol. The van der Waals surface area contributed by atoms with E-state index in [1.807, 2.05) is 0 Å². The monoisotopic (exact) mass is 238 g/mol. The number of carbonyl (C=O) groups excluding carboxylic acids is 1. The molecule has 0 bridgehead atoms. The Labute approximate surface area is 98.7 Å². The molecule has 0 aliphatic carbocycles. The van der Waals surface area contributed by atoms with Crippen LogP contribution >= 0.6 is 0 Å². The Morgan fingerprint density at radius 1 is 1.53 bits per heavy atom. The number of esters is 1. The van der Waals surface area contributed by atoms with E-state index in [1.165, 1.54) is 25.3 Å². The van der Waals surface area contributed by atoms with Crippen molar-refractivity contribution in [3.63, 3.8) is 0 Å². The van der Waals surface area contributed by atoms with E-state index in [0.29, 0.717) is 18.5 Å². The Morgan fingerprint density at radius 2 is 2.24 bits per heavy atom. The van der Waals surface area contributed by atoms with Crippen LogP contribution in [0, 0.1) is 10.1 Å². The maximum atomic E-state index is 11.5. The summed E-state index contributed by atoms with van der Waals surface area (Å²) in [5.74, 6) is -0.556. The lowest BCUT2D eigenvalue weighted by Gasteiger charge is -2.08. The minimum Gasteiger partial charge on any atom is -0.465 e. The summed E-state index contributed by atoms with van der Waals surface area (Å²) in [5.41, 5.74) is 0.596. The van der Waals surface area contributed by atoms with Crippen LogP contribution in [-0.4, -0.2) is 31.6 Å². The minimum atomic E-state index is -0.556. The van der Waals surface area contributed by atoms with Crippen molar-refractivity contribution in [2.75, 3.05) is 20.7 Å². The van der Waals surface area contributed by atoms with Gasteiger partial charge in [0.05, 0.1) is 17.6 Å². The van der Waals surface area contributed by atoms with Gasteiger partial charge in [0.25, 0.3) is 5.69 Å². The quantitative estimate of drug-likeness (QED) is 0.472. The Morgan fingerprint density at radius 3 is 2.76 bits per heavy atom. The number of nitro groups is 1. The molecule has 0 atom stereocenters. The number of ether oxygens (including phenoxy) is 1. The first kappa shape index (κ1) is 13.1. The molecular weight excluding hydrogens is 224 g/mol. The van der Waals surface area contributed by atoms with Crippen molar-refractivity contribution < 1.29 is 14.5 Å². The van der Waals surface area contributed by atoms with Gasteiger partial charge in [-0.3, -0.25) is 10.1 Å². The average molecular weight is 238 g/mol. The molecule has 0 saturated carbocycles. The standard InChI is InChI=1S/C11H14N2O4/c1-12-7-6-8-9(11(14)17-2)4-3-5-10(8)13(15)16/h3-5,12H,6-7H2,1-2H3. The van der Waals surface area contributed by atoms with E-state index in [9.17, 15) is 14.9 Å². The molecular formula is C11H14N2O4. The van der Waals surface area contributed by atoms with Gasteiger partial charge in [-0.2, -0.15) is 0 Å². The molecule has 92 valence electrons. The highest BCUT2D eigenvalue weighted by molar-refractivity contribution is 5.92. The molecule has 0 radical (unpaired) electrons. The van der Waals surface area contributed by atoms with Crippen LogP contribution in [0.1, 0.15) is 15.9 Å². The highest BCUT2D eigenvalue weighted by atomic mass is 16.6. The Kier molecular flexibility index (Phi) is 4.59. The third-order valence-corrected chi connectivity index (χ3v) is 2.38. The van der Waals surface area contributed by atoms with Gasteiger partial charge in [0.2, 0.25) is 0 Å². The normalized spacial score (nSPS) is 10.0. The molecule has 1 aromatic carbocycles. The SMILES string of the molecule is CNCCc1c(C(=O)OC)cccc1[N+](=O)[O-]. The van der Waals surface area contributed by atoms with Crippen LogP contribution in [-0.2, 0) is 11.2 Å². The van der Waals surface area contributed by atoms with Crippen molar-refractivity contribution in [1.82, 2.24) is 5.32 Å². The number of nitrogens with one attached hydrogen (secondary N) is 1. The maximum absolute atomic E-state index is 11.5. The first-order valence-electron chi connectivity index (χ1n) is 5.11. The second-order valence-electron chi connectivity index (χ2n) is 3.41. The fourth-order valence-electron chi connectivity index (χ4n) is 1.56. The van der Waals surface area contributed by atoms with E-state index in [2.05, 4.69) is 10.1 Å². The van der Waals surface area contributed by atoms with E-state index >= 15 is 0 Å². The molecule has 0 aromatic heterocycles. The van der Waals surface area contributed by atoms with Crippen LogP contribution in [0.15, 0.2) is 18.2 Å². The second kappa shape index (κ2) is 5.95. The van der Waals surface area contributed by atoms with Gasteiger partial charge in [0, 0.05) is 11.6 Å². The summed E-state index contributed by atoms with van der Waals surface area (Å²) in [6.07, 6.45) is 0.401. The molecule has 0 fully saturated rings. The van der Waals surface area contributed by atoms with Crippen molar-refractivity contribution in [3.8, 4) is 0 Å². The molecule has 0 aliphatic rings. The molecule has 0 aliphatic heterocycles. The molecule has 1 aromatic rings. The topological polar surface area (TPSA) is 81.5 Å². The third kappa shape index (κ3) is 3.01. The molecule has 0 heterocycles. The molecule has 0 unspecified atom stereocenters. The summed E-state index contributed by atoms with van der Waals surface area (Å²) in [5, 5.41) is 13.8. The van der Waals surface area contributed by atoms with Crippen LogP contribution < -0.4 is 5.32 Å². The van der Waals surface area contributed by atoms with Gasteiger partial charge in [-0.25, -0.2) is 4.79 Å². The fraction of sp³-hybridized carbons (Fsp3) is 0.364. The first-order chi connectivity index (χ1) is 8.11. The van der Waals surface area contributed by atoms with Gasteiger partial charge < -0.3 is 10.1 Å². The summed E-state index contributed by atoms with van der Waals surface area (Å²) in [7, 11) is 3.00. The largest absolute Gasteiger partial charge is 0.465 e. The van der Waals surface area contributed by atoms with Gasteiger partial charge in [-0.1, -0.05) is 6.07 Å². The van der Waals surface area contributed by atoms with Gasteiger partial charge >= 0.3 is 5.97 Å². The highest BCUT2D eigenvalue weighted by Gasteiger charge is 2.21. The Bertz CT molecular complexity index is 431. The maximum Gasteiger partial charge on any atom is 0.338 e. The van der Waals surface area contributed by atoms with Crippen molar-refractivity contribution in [2.24, 2.45) is 0 Å². The van der Waals surface area contributed by atoms with Crippen LogP contribution in [0.5, 0.6) is 0 Å². The molecule has 1 N–H and O–H groups in total. The van der Waals surface area contributed by atoms with E-state index in [0.717, 1.165) is 0 Å². The van der Waals surface area contributed by atoms with Crippen molar-refractivity contribution in [3.05, 3.63) is 39.4 Å². The number of likely N-dealkylation sites (N-methyl/N-ethyl adjacent to an activating group) is 1. The zero-order valence-electron chi connectivity index (χ0n) is 9.73. The van der Waals surface area contributed by atoms with Crippen LogP contribution in [0.2, 0.25) is 0 Å². The van der Waals surface area contributed by atoms with Crippen LogP contribution in [0.25, 0.3) is 0 Å². The predicted octanol–water partition coefficient (Wildman–Crippen LogP) is 1.14. The van der Waals surface area contributed by atoms with Crippen molar-refractivity contribution >= 4 is 11.7 Å². The molecule has 1 rings (SSSR count). The van der Waals surface area contributed by atoms with Gasteiger partial charge in [-0.15, -0.1) is 0 Å². The zero-order chi connectivity index (χ0) is 12.8. The zero-order valence-corrected chi connectivity index (χ0v) is 9.73. The summed E-state index contributed by atoms with van der Waals surface area (Å²) < 4.78 is 4.61. The summed E-state index contributed by atoms with van der Waals surface area (Å²) >= 11 is 0. The minimum absolute atomic E-state index is 0.0526. The van der Waals surface area contributed by atoms with E-state index in [-0.39, 0.29) is 11.3 Å². The highest BCUT2D eigenvalue weighted by Crippen LogP contribution is 2.23. The second-order valence-corrected chi connectivity index (χ2v) is 3.41. The summed E-state index contributed by atoms with van der Waals surface area (Å²) in [6.45, 7) is 0.550. The lowest BCUT2D eigenvalue weighted by atomic mass is 10.0. The number of nitrogens with zero attached hydrogens (tertiary/aromatic N) is 1. The number of nitro benzene ring substituents is 1. The first-order valence-corrected chi connectivity index (χ1v) is 5.11. The smallest absolute Gasteiger partial charge is 0.338 e. The average Bonchev–Trinajstić information content (AvgIpc) is 2.34. The fourth-order valence-corrected chi connectivity index (χ4v) is 1.56. The molecule has 17 heavy (non-hydrogen) atoms. The van der Waals surface area contributed by atoms with Gasteiger partial charge in [-0.05, 0) is 26.1 Å². The number of methoxy groups -OCH3 is 1. The lowest BCUT2D eigenvalue weighted by molar-refractivity contribution is -0.385. The molecule has 6 nitrogen and oxygen atoms in total. The van der Waals surface area contributed by atoms with Crippen molar-refractivity contribution in [2.45, 2.75) is 6.42 Å². The van der Waals surface area contributed by atoms with Gasteiger partial charge in [0.15, 0.2) is 0 Å². The van der Waals surface area contributed by atoms with E-state index < -0.39 is 10.9 Å². The Balaban J connectivity index is 3.23. The number of rotatable bonds is 5. The number of hydrogen-bond acceptors (Lipinski definition) is 5. The van der Waals surface area contributed by atoms with Gasteiger partial charge in [0.1, 0.15) is 0 Å². The van der Waals surface area contributed by atoms with E-state index in [1.54, 1.807) is 7.05 Å².